The molecule has 92 valence electrons. The van der Waals surface area contributed by atoms with Crippen molar-refractivity contribution in [3.63, 3.8) is 0 Å². The Bertz CT molecular complexity index is 294. The van der Waals surface area contributed by atoms with E-state index in [0.717, 1.165) is 5.57 Å². The van der Waals surface area contributed by atoms with Crippen molar-refractivity contribution in [1.29, 1.82) is 0 Å². The number of nitrogens with zero attached hydrogens (tertiary/aromatic N) is 1. The van der Waals surface area contributed by atoms with E-state index in [1.165, 1.54) is 12.8 Å². The summed E-state index contributed by atoms with van der Waals surface area (Å²) in [5.41, 5.74) is 7.30. The Kier molecular flexibility index (Phi) is 4.00. The molecule has 0 radical (unpaired) electrons. The van der Waals surface area contributed by atoms with Gasteiger partial charge in [-0.2, -0.15) is 0 Å². The van der Waals surface area contributed by atoms with Crippen LogP contribution in [-0.4, -0.2) is 18.5 Å². The summed E-state index contributed by atoms with van der Waals surface area (Å²) in [6, 6.07) is 0.506. The molecule has 0 saturated heterocycles. The molecule has 1 saturated carbocycles. The first-order valence-electron chi connectivity index (χ1n) is 6.13. The van der Waals surface area contributed by atoms with Crippen LogP contribution in [0.5, 0.6) is 0 Å². The molecule has 0 aromatic carbocycles. The zero-order valence-corrected chi connectivity index (χ0v) is 11.0. The summed E-state index contributed by atoms with van der Waals surface area (Å²) >= 11 is 0. The molecule has 1 aliphatic rings. The number of hydrogen-bond acceptors (Lipinski definition) is 1. The van der Waals surface area contributed by atoms with Gasteiger partial charge < -0.3 is 11.1 Å². The molecule has 3 nitrogen and oxygen atoms in total. The molecule has 3 N–H and O–H groups in total. The smallest absolute Gasteiger partial charge is 0.189 e. The summed E-state index contributed by atoms with van der Waals surface area (Å²) in [6.45, 7) is 13.2. The number of hydrogen-bond donors (Lipinski definition) is 2. The number of nitrogens with two attached hydrogens (primary N) is 1. The van der Waals surface area contributed by atoms with E-state index in [4.69, 9.17) is 5.73 Å². The average Bonchev–Trinajstić information content (AvgIpc) is 2.90. The van der Waals surface area contributed by atoms with Gasteiger partial charge in [-0.3, -0.25) is 0 Å². The van der Waals surface area contributed by atoms with Crippen LogP contribution >= 0.6 is 0 Å². The van der Waals surface area contributed by atoms with Gasteiger partial charge >= 0.3 is 0 Å². The van der Waals surface area contributed by atoms with Crippen LogP contribution in [0.25, 0.3) is 0 Å². The molecule has 2 atom stereocenters. The van der Waals surface area contributed by atoms with Gasteiger partial charge in [0, 0.05) is 6.04 Å². The average molecular weight is 223 g/mol. The Morgan fingerprint density at radius 2 is 2.25 bits per heavy atom. The van der Waals surface area contributed by atoms with Gasteiger partial charge in [0.1, 0.15) is 0 Å². The molecule has 0 bridgehead atoms. The Morgan fingerprint density at radius 3 is 2.62 bits per heavy atom. The minimum Gasteiger partial charge on any atom is -0.370 e. The summed E-state index contributed by atoms with van der Waals surface area (Å²) in [4.78, 5) is 4.25. The largest absolute Gasteiger partial charge is 0.370 e. The molecule has 2 unspecified atom stereocenters. The number of guanidine groups is 1. The molecule has 0 amide bonds. The Labute approximate surface area is 99.2 Å². The summed E-state index contributed by atoms with van der Waals surface area (Å²) < 4.78 is 0. The maximum absolute atomic E-state index is 5.84. The lowest BCUT2D eigenvalue weighted by atomic mass is 9.89. The molecule has 0 aliphatic heterocycles. The summed E-state index contributed by atoms with van der Waals surface area (Å²) in [7, 11) is 0. The molecule has 16 heavy (non-hydrogen) atoms. The van der Waals surface area contributed by atoms with Gasteiger partial charge in [0.15, 0.2) is 5.96 Å². The van der Waals surface area contributed by atoms with Crippen LogP contribution in [0.2, 0.25) is 0 Å². The number of aliphatic imine (C=N–C) groups is 1. The summed E-state index contributed by atoms with van der Waals surface area (Å²) in [5, 5.41) is 3.32. The standard InChI is InChI=1S/C13H25N3/c1-6-13(10(4)5)7-11(13)16-12(14)15-8-9(2)3/h10-11H,2,6-8H2,1,3-5H3,(H3,14,15,16). The van der Waals surface area contributed by atoms with E-state index in [0.29, 0.717) is 29.9 Å². The van der Waals surface area contributed by atoms with Crippen LogP contribution in [0.1, 0.15) is 40.5 Å². The van der Waals surface area contributed by atoms with Crippen molar-refractivity contribution in [2.45, 2.75) is 46.6 Å². The van der Waals surface area contributed by atoms with E-state index >= 15 is 0 Å². The van der Waals surface area contributed by atoms with Crippen molar-refractivity contribution in [1.82, 2.24) is 5.32 Å². The fourth-order valence-corrected chi connectivity index (χ4v) is 2.40. The van der Waals surface area contributed by atoms with Crippen LogP contribution in [0, 0.1) is 11.3 Å². The highest BCUT2D eigenvalue weighted by Gasteiger charge is 2.54. The second-order valence-corrected chi connectivity index (χ2v) is 5.30. The van der Waals surface area contributed by atoms with Crippen LogP contribution in [-0.2, 0) is 0 Å². The van der Waals surface area contributed by atoms with E-state index in [9.17, 15) is 0 Å². The first-order chi connectivity index (χ1) is 7.42. The Hall–Kier alpha value is -0.990. The molecular weight excluding hydrogens is 198 g/mol. The predicted octanol–water partition coefficient (Wildman–Crippen LogP) is 2.29. The van der Waals surface area contributed by atoms with Gasteiger partial charge in [-0.25, -0.2) is 4.99 Å². The third-order valence-corrected chi connectivity index (χ3v) is 3.77. The van der Waals surface area contributed by atoms with Gasteiger partial charge in [-0.15, -0.1) is 0 Å². The minimum atomic E-state index is 0.434. The van der Waals surface area contributed by atoms with E-state index < -0.39 is 0 Å². The zero-order valence-electron chi connectivity index (χ0n) is 11.0. The molecule has 0 heterocycles. The zero-order chi connectivity index (χ0) is 12.3. The highest BCUT2D eigenvalue weighted by Crippen LogP contribution is 2.54. The molecule has 3 heteroatoms. The van der Waals surface area contributed by atoms with Crippen molar-refractivity contribution < 1.29 is 0 Å². The second-order valence-electron chi connectivity index (χ2n) is 5.30. The fourth-order valence-electron chi connectivity index (χ4n) is 2.40. The lowest BCUT2D eigenvalue weighted by Crippen LogP contribution is -2.37. The lowest BCUT2D eigenvalue weighted by Gasteiger charge is -2.20. The fraction of sp³-hybridized carbons (Fsp3) is 0.769. The first kappa shape index (κ1) is 13.1. The molecule has 0 aromatic rings. The summed E-state index contributed by atoms with van der Waals surface area (Å²) in [5.74, 6) is 1.26. The maximum Gasteiger partial charge on any atom is 0.189 e. The number of rotatable bonds is 5. The van der Waals surface area contributed by atoms with Gasteiger partial charge in [0.05, 0.1) is 6.54 Å². The molecule has 1 rings (SSSR count). The van der Waals surface area contributed by atoms with Gasteiger partial charge in [-0.1, -0.05) is 32.9 Å². The Balaban J connectivity index is 2.46. The highest BCUT2D eigenvalue weighted by atomic mass is 15.1. The van der Waals surface area contributed by atoms with Crippen molar-refractivity contribution in [2.24, 2.45) is 22.1 Å². The molecule has 0 spiro atoms. The molecular formula is C13H25N3. The quantitative estimate of drug-likeness (QED) is 0.427. The maximum atomic E-state index is 5.84. The van der Waals surface area contributed by atoms with Gasteiger partial charge in [0.25, 0.3) is 0 Å². The van der Waals surface area contributed by atoms with Crippen molar-refractivity contribution in [3.8, 4) is 0 Å². The van der Waals surface area contributed by atoms with E-state index in [2.05, 4.69) is 37.7 Å². The third kappa shape index (κ3) is 2.77. The van der Waals surface area contributed by atoms with Crippen LogP contribution in [0.15, 0.2) is 17.1 Å². The molecule has 1 fully saturated rings. The van der Waals surface area contributed by atoms with E-state index in [-0.39, 0.29) is 0 Å². The summed E-state index contributed by atoms with van der Waals surface area (Å²) in [6.07, 6.45) is 2.42. The van der Waals surface area contributed by atoms with Crippen LogP contribution in [0.4, 0.5) is 0 Å². The predicted molar refractivity (Wildman–Crippen MR) is 70.4 cm³/mol. The van der Waals surface area contributed by atoms with Crippen LogP contribution < -0.4 is 11.1 Å². The minimum absolute atomic E-state index is 0.434. The van der Waals surface area contributed by atoms with Gasteiger partial charge in [-0.05, 0) is 31.1 Å². The van der Waals surface area contributed by atoms with E-state index in [1.807, 2.05) is 6.92 Å². The third-order valence-electron chi connectivity index (χ3n) is 3.77. The Morgan fingerprint density at radius 1 is 1.62 bits per heavy atom. The lowest BCUT2D eigenvalue weighted by molar-refractivity contribution is 0.328. The monoisotopic (exact) mass is 223 g/mol. The molecule has 1 aliphatic carbocycles. The van der Waals surface area contributed by atoms with Gasteiger partial charge in [0.2, 0.25) is 0 Å². The van der Waals surface area contributed by atoms with Crippen LogP contribution in [0.3, 0.4) is 0 Å². The van der Waals surface area contributed by atoms with Crippen molar-refractivity contribution >= 4 is 5.96 Å². The van der Waals surface area contributed by atoms with Crippen molar-refractivity contribution in [3.05, 3.63) is 12.2 Å². The SMILES string of the molecule is C=C(C)CN=C(N)NC1CC1(CC)C(C)C. The highest BCUT2D eigenvalue weighted by molar-refractivity contribution is 5.78. The number of nitrogens with one attached hydrogen (secondary N) is 1. The normalized spacial score (nSPS) is 29.3. The molecule has 0 aromatic heterocycles. The van der Waals surface area contributed by atoms with E-state index in [1.54, 1.807) is 0 Å². The topological polar surface area (TPSA) is 50.4 Å². The van der Waals surface area contributed by atoms with Crippen molar-refractivity contribution in [2.75, 3.05) is 6.54 Å². The first-order valence-corrected chi connectivity index (χ1v) is 6.13. The second kappa shape index (κ2) is 4.89.